The normalized spacial score (nSPS) is 18.8. The van der Waals surface area contributed by atoms with Crippen molar-refractivity contribution in [3.63, 3.8) is 0 Å². The predicted molar refractivity (Wildman–Crippen MR) is 354 cm³/mol. The number of aromatic hydroxyl groups is 1. The van der Waals surface area contributed by atoms with Gasteiger partial charge in [0.1, 0.15) is 54.3 Å². The Balaban J connectivity index is 0.934. The minimum absolute atomic E-state index is 0.109. The molecule has 3 saturated carbocycles. The summed E-state index contributed by atoms with van der Waals surface area (Å²) in [4.78, 5) is 48.5. The monoisotopic (exact) mass is 1210 g/mol. The number of phenols is 1. The van der Waals surface area contributed by atoms with Crippen LogP contribution in [0.15, 0.2) is 152 Å². The lowest BCUT2D eigenvalue weighted by atomic mass is 9.89. The fourth-order valence-corrected chi connectivity index (χ4v) is 13.2. The number of hydrogen-bond donors (Lipinski definition) is 5. The van der Waals surface area contributed by atoms with Gasteiger partial charge in [0.05, 0.1) is 30.8 Å². The Morgan fingerprint density at radius 1 is 0.489 bits per heavy atom. The van der Waals surface area contributed by atoms with E-state index in [4.69, 9.17) is 29.4 Å². The molecule has 0 heterocycles. The number of nitrogens with two attached hydrogens (primary N) is 1. The maximum absolute atomic E-state index is 15.3. The number of fused-ring (bicyclic) bond motifs is 3. The van der Waals surface area contributed by atoms with E-state index in [1.54, 1.807) is 32.4 Å². The molecule has 0 aliphatic heterocycles. The van der Waals surface area contributed by atoms with Crippen LogP contribution in [-0.2, 0) is 16.6 Å². The van der Waals surface area contributed by atoms with Crippen LogP contribution in [0.2, 0.25) is 0 Å². The van der Waals surface area contributed by atoms with E-state index in [-0.39, 0.29) is 35.3 Å². The van der Waals surface area contributed by atoms with Crippen LogP contribution in [0.4, 0.5) is 0 Å². The zero-order chi connectivity index (χ0) is 63.2. The van der Waals surface area contributed by atoms with E-state index in [0.717, 1.165) is 96.2 Å². The van der Waals surface area contributed by atoms with Crippen LogP contribution >= 0.6 is 0 Å². The van der Waals surface area contributed by atoms with E-state index in [2.05, 4.69) is 63.3 Å². The van der Waals surface area contributed by atoms with Gasteiger partial charge >= 0.3 is 0 Å². The molecule has 90 heavy (non-hydrogen) atoms. The van der Waals surface area contributed by atoms with E-state index in [9.17, 15) is 14.7 Å². The summed E-state index contributed by atoms with van der Waals surface area (Å²) in [7, 11) is 11.3. The number of benzene rings is 9. The quantitative estimate of drug-likeness (QED) is 0.0386. The molecule has 0 bridgehead atoms. The molecule has 12 rings (SSSR count). The Hall–Kier alpha value is -9.15. The molecule has 464 valence electrons. The summed E-state index contributed by atoms with van der Waals surface area (Å²) < 4.78 is 30.3. The van der Waals surface area contributed by atoms with E-state index < -0.39 is 16.6 Å². The molecule has 0 radical (unpaired) electrons. The van der Waals surface area contributed by atoms with Crippen LogP contribution in [0.5, 0.6) is 34.5 Å². The predicted octanol–water partition coefficient (Wildman–Crippen LogP) is 12.1. The number of rotatable bonds is 24. The fourth-order valence-electron chi connectivity index (χ4n) is 13.2. The van der Waals surface area contributed by atoms with Crippen molar-refractivity contribution in [3.05, 3.63) is 213 Å². The Bertz CT molecular complexity index is 4270. The van der Waals surface area contributed by atoms with Gasteiger partial charge in [0.15, 0.2) is 0 Å². The number of carbonyl (C=O) groups is 3. The summed E-state index contributed by atoms with van der Waals surface area (Å²) >= 11 is 0. The second kappa shape index (κ2) is 24.7. The summed E-state index contributed by atoms with van der Waals surface area (Å²) in [6, 6.07) is 49.5. The lowest BCUT2D eigenvalue weighted by Gasteiger charge is -2.25. The SMILES string of the molecule is COc1cc(C2(NC(=O)c3cc(OCCN)ccc3C)CC2)c2ccc(C3CC3(NC(=O)c3cc(OCCN(C)C)ccc3C)c3cc(OC)cc4cc(C5CC5(NC(=O)c5cc(OCCN(C)C)ccc5C)c5cc(O)cc6ccccc56)ccc34)cc2c1. The van der Waals surface area contributed by atoms with Gasteiger partial charge in [-0.1, -0.05) is 78.9 Å². The average molecular weight is 1210 g/mol. The van der Waals surface area contributed by atoms with Gasteiger partial charge in [-0.2, -0.15) is 0 Å². The maximum atomic E-state index is 15.3. The molecule has 3 aliphatic rings. The molecular weight excluding hydrogens is 1130 g/mol. The van der Waals surface area contributed by atoms with Crippen LogP contribution in [0.3, 0.4) is 0 Å². The molecule has 6 N–H and O–H groups in total. The number of amides is 3. The summed E-state index contributed by atoms with van der Waals surface area (Å²) in [5.41, 5.74) is 12.0. The zero-order valence-electron chi connectivity index (χ0n) is 52.8. The zero-order valence-corrected chi connectivity index (χ0v) is 52.8. The van der Waals surface area contributed by atoms with Gasteiger partial charge in [-0.05, 0) is 224 Å². The van der Waals surface area contributed by atoms with Crippen molar-refractivity contribution in [1.29, 1.82) is 0 Å². The summed E-state index contributed by atoms with van der Waals surface area (Å²) in [5, 5.41) is 27.5. The molecule has 0 spiro atoms. The smallest absolute Gasteiger partial charge is 0.252 e. The van der Waals surface area contributed by atoms with Crippen molar-refractivity contribution in [2.75, 3.05) is 81.9 Å². The highest BCUT2D eigenvalue weighted by Crippen LogP contribution is 2.63. The maximum Gasteiger partial charge on any atom is 0.252 e. The molecular formula is C75H80N6O9. The van der Waals surface area contributed by atoms with Gasteiger partial charge in [-0.3, -0.25) is 14.4 Å². The second-order valence-electron chi connectivity index (χ2n) is 25.3. The van der Waals surface area contributed by atoms with Gasteiger partial charge in [-0.25, -0.2) is 0 Å². The Labute approximate surface area is 526 Å². The Morgan fingerprint density at radius 3 is 1.39 bits per heavy atom. The number of hydrogen-bond acceptors (Lipinski definition) is 12. The molecule has 9 aromatic carbocycles. The second-order valence-corrected chi connectivity index (χ2v) is 25.3. The van der Waals surface area contributed by atoms with E-state index in [1.165, 1.54) is 0 Å². The first kappa shape index (κ1) is 61.1. The molecule has 3 aliphatic carbocycles. The van der Waals surface area contributed by atoms with Gasteiger partial charge in [0.25, 0.3) is 17.7 Å². The van der Waals surface area contributed by atoms with E-state index in [1.807, 2.05) is 145 Å². The van der Waals surface area contributed by atoms with Gasteiger partial charge < -0.3 is 60.3 Å². The van der Waals surface area contributed by atoms with Crippen LogP contribution in [0.1, 0.15) is 113 Å². The number of nitrogens with zero attached hydrogens (tertiary/aromatic N) is 2. The number of aryl methyl sites for hydroxylation is 3. The molecule has 4 atom stereocenters. The largest absolute Gasteiger partial charge is 0.508 e. The Morgan fingerprint density at radius 2 is 0.922 bits per heavy atom. The molecule has 0 saturated heterocycles. The fraction of sp³-hybridized carbons (Fsp3) is 0.320. The van der Waals surface area contributed by atoms with Crippen LogP contribution in [0.25, 0.3) is 32.3 Å². The average Bonchev–Trinajstić information content (AvgIpc) is 1.56. The highest BCUT2D eigenvalue weighted by molar-refractivity contribution is 6.01. The topological polar surface area (TPSA) is 186 Å². The van der Waals surface area contributed by atoms with Crippen LogP contribution in [0, 0.1) is 20.8 Å². The summed E-state index contributed by atoms with van der Waals surface area (Å²) in [5.74, 6) is 2.13. The molecule has 15 nitrogen and oxygen atoms in total. The minimum atomic E-state index is -0.929. The number of carbonyl (C=O) groups excluding carboxylic acids is 3. The third kappa shape index (κ3) is 12.1. The third-order valence-corrected chi connectivity index (χ3v) is 18.6. The molecule has 9 aromatic rings. The van der Waals surface area contributed by atoms with E-state index in [0.29, 0.717) is 91.2 Å². The Kier molecular flexibility index (Phi) is 16.8. The highest BCUT2D eigenvalue weighted by Gasteiger charge is 2.60. The summed E-state index contributed by atoms with van der Waals surface area (Å²) in [6.07, 6.45) is 2.63. The number of likely N-dealkylation sites (N-methyl/N-ethyl adjacent to an activating group) is 2. The van der Waals surface area contributed by atoms with Crippen molar-refractivity contribution in [2.24, 2.45) is 5.73 Å². The van der Waals surface area contributed by atoms with Crippen molar-refractivity contribution >= 4 is 50.0 Å². The van der Waals surface area contributed by atoms with Crippen molar-refractivity contribution < 1.29 is 43.2 Å². The van der Waals surface area contributed by atoms with Crippen molar-refractivity contribution in [3.8, 4) is 34.5 Å². The molecule has 3 fully saturated rings. The minimum Gasteiger partial charge on any atom is -0.508 e. The lowest BCUT2D eigenvalue weighted by Crippen LogP contribution is -2.37. The molecule has 4 unspecified atom stereocenters. The first-order valence-corrected chi connectivity index (χ1v) is 31.0. The summed E-state index contributed by atoms with van der Waals surface area (Å²) in [6.45, 7) is 8.86. The number of nitrogens with one attached hydrogen (secondary N) is 3. The standard InChI is InChI=1S/C75H80N6O9/c1-45-14-19-54(88-29-26-76)38-62(45)70(83)77-73(24-25-73)65-41-57(86-8)35-51-32-49(17-22-60(51)65)69-44-75(69,79-72(85)64-40-56(21-16-47(64)3)90-31-28-81(6)7)67-42-58(87-9)36-52-33-50(18-23-61(52)67)68-43-74(68,66-37-53(82)34-48-12-10-11-13-59(48)66)78-71(84)63-39-55(20-15-46(63)2)89-30-27-80(4)5/h10-23,32-42,68-69,82H,24-31,43-44,76H2,1-9H3,(H,77,83)(H,78,84)(H,79,85). The van der Waals surface area contributed by atoms with Crippen molar-refractivity contribution in [2.45, 2.75) is 74.9 Å². The number of ether oxygens (including phenoxy) is 5. The van der Waals surface area contributed by atoms with Gasteiger partial charge in [0.2, 0.25) is 0 Å². The first-order chi connectivity index (χ1) is 43.3. The first-order valence-electron chi connectivity index (χ1n) is 31.0. The van der Waals surface area contributed by atoms with Gasteiger partial charge in [-0.15, -0.1) is 0 Å². The highest BCUT2D eigenvalue weighted by atomic mass is 16.5. The van der Waals surface area contributed by atoms with Crippen LogP contribution < -0.4 is 45.4 Å². The molecule has 0 aromatic heterocycles. The van der Waals surface area contributed by atoms with Gasteiger partial charge in [0, 0.05) is 48.2 Å². The lowest BCUT2D eigenvalue weighted by molar-refractivity contribution is 0.0919. The number of phenolic OH excluding ortho intramolecular Hbond substituents is 1. The van der Waals surface area contributed by atoms with E-state index >= 15 is 4.79 Å². The van der Waals surface area contributed by atoms with Crippen LogP contribution in [-0.4, -0.2) is 114 Å². The third-order valence-electron chi connectivity index (χ3n) is 18.6. The molecule has 3 amide bonds. The number of methoxy groups -OCH3 is 2. The van der Waals surface area contributed by atoms with Crippen molar-refractivity contribution in [1.82, 2.24) is 25.8 Å². The molecule has 15 heteroatoms.